The summed E-state index contributed by atoms with van der Waals surface area (Å²) >= 11 is 0. The molecule has 0 atom stereocenters. The smallest absolute Gasteiger partial charge is 0.407 e. The summed E-state index contributed by atoms with van der Waals surface area (Å²) in [6, 6.07) is 10.2. The van der Waals surface area contributed by atoms with E-state index in [2.05, 4.69) is 44.3 Å². The topological polar surface area (TPSA) is 96.1 Å². The lowest BCUT2D eigenvalue weighted by Gasteiger charge is -2.32. The van der Waals surface area contributed by atoms with Gasteiger partial charge in [0.2, 0.25) is 0 Å². The van der Waals surface area contributed by atoms with Gasteiger partial charge in [-0.05, 0) is 102 Å². The molecule has 2 aromatic carbocycles. The van der Waals surface area contributed by atoms with Gasteiger partial charge < -0.3 is 19.5 Å². The van der Waals surface area contributed by atoms with Crippen LogP contribution in [-0.2, 0) is 17.7 Å². The Bertz CT molecular complexity index is 1650. The van der Waals surface area contributed by atoms with Crippen LogP contribution in [0.2, 0.25) is 0 Å². The predicted molar refractivity (Wildman–Crippen MR) is 167 cm³/mol. The van der Waals surface area contributed by atoms with E-state index >= 15 is 0 Å². The van der Waals surface area contributed by atoms with Gasteiger partial charge in [0.25, 0.3) is 0 Å². The largest absolute Gasteiger partial charge is 0.493 e. The van der Waals surface area contributed by atoms with Gasteiger partial charge in [-0.2, -0.15) is 0 Å². The van der Waals surface area contributed by atoms with Crippen molar-refractivity contribution in [3.63, 3.8) is 0 Å². The number of nitrogens with zero attached hydrogens (tertiary/aromatic N) is 3. The van der Waals surface area contributed by atoms with Gasteiger partial charge in [-0.3, -0.25) is 9.13 Å². The average molecular weight is 589 g/mol. The molecule has 43 heavy (non-hydrogen) atoms. The van der Waals surface area contributed by atoms with Crippen molar-refractivity contribution in [2.45, 2.75) is 97.9 Å². The van der Waals surface area contributed by atoms with Crippen LogP contribution in [0.1, 0.15) is 74.8 Å². The molecule has 0 saturated heterocycles. The molecule has 1 N–H and O–H groups in total. The quantitative estimate of drug-likeness (QED) is 0.391. The molecular formula is C34H44N4O5. The zero-order valence-corrected chi connectivity index (χ0v) is 26.7. The maximum Gasteiger partial charge on any atom is 0.407 e. The number of benzene rings is 2. The van der Waals surface area contributed by atoms with Gasteiger partial charge in [-0.1, -0.05) is 17.7 Å². The van der Waals surface area contributed by atoms with Crippen molar-refractivity contribution in [1.29, 1.82) is 0 Å². The Labute approximate surface area is 253 Å². The van der Waals surface area contributed by atoms with Crippen molar-refractivity contribution in [3.05, 3.63) is 68.6 Å². The molecular weight excluding hydrogens is 544 g/mol. The molecule has 1 fully saturated rings. The van der Waals surface area contributed by atoms with Gasteiger partial charge in [0, 0.05) is 30.3 Å². The molecule has 0 radical (unpaired) electrons. The van der Waals surface area contributed by atoms with Crippen LogP contribution in [0.3, 0.4) is 0 Å². The minimum absolute atomic E-state index is 0.00313. The van der Waals surface area contributed by atoms with Crippen molar-refractivity contribution in [2.24, 2.45) is 4.99 Å². The number of alkyl carbamates (subject to hydrolysis) is 1. The van der Waals surface area contributed by atoms with E-state index in [1.807, 2.05) is 42.0 Å². The highest BCUT2D eigenvalue weighted by molar-refractivity contribution is 5.70. The van der Waals surface area contributed by atoms with Gasteiger partial charge in [-0.15, -0.1) is 0 Å². The molecule has 0 spiro atoms. The first-order valence-corrected chi connectivity index (χ1v) is 15.1. The van der Waals surface area contributed by atoms with Gasteiger partial charge in [0.15, 0.2) is 11.5 Å². The number of carbonyl (C=O) groups excluding carboxylic acids is 1. The minimum Gasteiger partial charge on any atom is -0.493 e. The number of rotatable bonds is 5. The van der Waals surface area contributed by atoms with Crippen LogP contribution in [0.4, 0.5) is 10.5 Å². The Morgan fingerprint density at radius 2 is 1.56 bits per heavy atom. The van der Waals surface area contributed by atoms with E-state index in [1.165, 1.54) is 5.56 Å². The molecule has 2 aliphatic rings. The molecule has 3 aromatic rings. The summed E-state index contributed by atoms with van der Waals surface area (Å²) in [5.41, 5.74) is 7.10. The molecule has 0 bridgehead atoms. The fourth-order valence-corrected chi connectivity index (χ4v) is 6.48. The van der Waals surface area contributed by atoms with Crippen LogP contribution in [0.5, 0.6) is 11.5 Å². The second-order valence-electron chi connectivity index (χ2n) is 12.8. The van der Waals surface area contributed by atoms with Crippen molar-refractivity contribution in [2.75, 3.05) is 14.2 Å². The maximum absolute atomic E-state index is 14.4. The third-order valence-corrected chi connectivity index (χ3v) is 8.37. The van der Waals surface area contributed by atoms with E-state index in [9.17, 15) is 9.59 Å². The molecule has 1 saturated carbocycles. The highest BCUT2D eigenvalue weighted by Gasteiger charge is 2.29. The average Bonchev–Trinajstić information content (AvgIpc) is 2.93. The fraction of sp³-hybridized carbons (Fsp3) is 0.500. The number of ether oxygens (including phenoxy) is 3. The van der Waals surface area contributed by atoms with Crippen molar-refractivity contribution >= 4 is 11.8 Å². The molecule has 9 nitrogen and oxygen atoms in total. The summed E-state index contributed by atoms with van der Waals surface area (Å²) in [4.78, 5) is 32.0. The summed E-state index contributed by atoms with van der Waals surface area (Å²) in [5, 5.41) is 3.02. The zero-order valence-electron chi connectivity index (χ0n) is 26.7. The van der Waals surface area contributed by atoms with Crippen LogP contribution in [0.15, 0.2) is 40.1 Å². The molecule has 0 unspecified atom stereocenters. The number of fused-ring (bicyclic) bond motifs is 3. The lowest BCUT2D eigenvalue weighted by atomic mass is 9.91. The number of methoxy groups -OCH3 is 2. The third kappa shape index (κ3) is 6.36. The summed E-state index contributed by atoms with van der Waals surface area (Å²) in [7, 11) is 3.26. The van der Waals surface area contributed by atoms with Crippen molar-refractivity contribution in [3.8, 4) is 22.8 Å². The monoisotopic (exact) mass is 588 g/mol. The second kappa shape index (κ2) is 11.9. The molecule has 9 heteroatoms. The summed E-state index contributed by atoms with van der Waals surface area (Å²) in [6.07, 6.45) is 3.30. The van der Waals surface area contributed by atoms with Crippen LogP contribution in [-0.4, -0.2) is 41.1 Å². The number of aromatic nitrogens is 2. The lowest BCUT2D eigenvalue weighted by Crippen LogP contribution is -2.46. The van der Waals surface area contributed by atoms with Crippen LogP contribution in [0, 0.1) is 20.8 Å². The number of aryl methyl sites for hydroxylation is 4. The Balaban J connectivity index is 1.60. The van der Waals surface area contributed by atoms with E-state index < -0.39 is 11.7 Å². The first-order valence-electron chi connectivity index (χ1n) is 15.1. The van der Waals surface area contributed by atoms with Gasteiger partial charge >= 0.3 is 11.8 Å². The number of hydrogen-bond donors (Lipinski definition) is 1. The number of carbonyl (C=O) groups is 1. The number of nitrogens with one attached hydrogen (secondary N) is 1. The van der Waals surface area contributed by atoms with E-state index in [-0.39, 0.29) is 17.8 Å². The van der Waals surface area contributed by atoms with E-state index in [1.54, 1.807) is 14.2 Å². The van der Waals surface area contributed by atoms with Crippen LogP contribution >= 0.6 is 0 Å². The molecule has 1 aromatic heterocycles. The van der Waals surface area contributed by atoms with Gasteiger partial charge in [-0.25, -0.2) is 14.6 Å². The highest BCUT2D eigenvalue weighted by Crippen LogP contribution is 2.38. The normalized spacial score (nSPS) is 18.5. The SMILES string of the molecule is COc1cc2c(cc1OC)-c1cc(=Nc3c(C)cc(C)cc3C)n(C3CCC(NC(=O)OC(C)(C)C)CC3)c(=O)n1CC2. The highest BCUT2D eigenvalue weighted by atomic mass is 16.6. The van der Waals surface area contributed by atoms with Crippen LogP contribution in [0.25, 0.3) is 11.3 Å². The van der Waals surface area contributed by atoms with Crippen molar-refractivity contribution in [1.82, 2.24) is 14.5 Å². The Kier molecular flexibility index (Phi) is 8.45. The van der Waals surface area contributed by atoms with Crippen molar-refractivity contribution < 1.29 is 19.0 Å². The minimum atomic E-state index is -0.550. The first-order chi connectivity index (χ1) is 20.4. The number of amides is 1. The summed E-state index contributed by atoms with van der Waals surface area (Å²) in [6.45, 7) is 12.3. The summed E-state index contributed by atoms with van der Waals surface area (Å²) < 4.78 is 20.4. The van der Waals surface area contributed by atoms with Crippen LogP contribution < -0.4 is 26.0 Å². The van der Waals surface area contributed by atoms with Gasteiger partial charge in [0.1, 0.15) is 11.1 Å². The zero-order chi connectivity index (χ0) is 31.1. The predicted octanol–water partition coefficient (Wildman–Crippen LogP) is 6.06. The molecule has 2 heterocycles. The third-order valence-electron chi connectivity index (χ3n) is 8.37. The Hall–Kier alpha value is -4.01. The molecule has 230 valence electrons. The van der Waals surface area contributed by atoms with Gasteiger partial charge in [0.05, 0.1) is 25.6 Å². The van der Waals surface area contributed by atoms with E-state index in [4.69, 9.17) is 19.2 Å². The first kappa shape index (κ1) is 30.4. The standard InChI is InChI=1S/C34H44N4O5/c1-20-15-21(2)31(22(3)16-20)36-30-19-27-26-18-29(42-8)28(41-7)17-23(26)13-14-37(27)33(40)38(30)25-11-9-24(10-12-25)35-32(39)43-34(4,5)6/h15-19,24-25H,9-14H2,1-8H3,(H,35,39). The van der Waals surface area contributed by atoms with E-state index in [0.717, 1.165) is 59.3 Å². The fourth-order valence-electron chi connectivity index (χ4n) is 6.48. The molecule has 1 aliphatic carbocycles. The summed E-state index contributed by atoms with van der Waals surface area (Å²) in [5.74, 6) is 1.30. The second-order valence-corrected chi connectivity index (χ2v) is 12.8. The molecule has 5 rings (SSSR count). The number of hydrogen-bond acceptors (Lipinski definition) is 6. The Morgan fingerprint density at radius 1 is 0.930 bits per heavy atom. The maximum atomic E-state index is 14.4. The lowest BCUT2D eigenvalue weighted by molar-refractivity contribution is 0.0487. The molecule has 1 amide bonds. The Morgan fingerprint density at radius 3 is 2.16 bits per heavy atom. The van der Waals surface area contributed by atoms with E-state index in [0.29, 0.717) is 30.0 Å². The molecule has 1 aliphatic heterocycles.